The number of ether oxygens (including phenoxy) is 1. The van der Waals surface area contributed by atoms with Crippen molar-refractivity contribution in [3.63, 3.8) is 0 Å². The van der Waals surface area contributed by atoms with Crippen LogP contribution in [0.1, 0.15) is 34.4 Å². The van der Waals surface area contributed by atoms with Crippen molar-refractivity contribution in [3.05, 3.63) is 51.2 Å². The van der Waals surface area contributed by atoms with Gasteiger partial charge in [-0.2, -0.15) is 13.2 Å². The number of halogens is 3. The minimum atomic E-state index is -4.55. The van der Waals surface area contributed by atoms with Crippen LogP contribution in [0.3, 0.4) is 0 Å². The summed E-state index contributed by atoms with van der Waals surface area (Å²) < 4.78 is 61.3. The van der Waals surface area contributed by atoms with Crippen molar-refractivity contribution < 1.29 is 32.1 Å². The van der Waals surface area contributed by atoms with Crippen LogP contribution in [-0.2, 0) is 28.1 Å². The molecule has 0 saturated carbocycles. The number of benzene rings is 1. The zero-order valence-corrected chi connectivity index (χ0v) is 18.7. The van der Waals surface area contributed by atoms with Gasteiger partial charge in [-0.3, -0.25) is 4.57 Å². The van der Waals surface area contributed by atoms with Crippen molar-refractivity contribution in [2.75, 3.05) is 19.8 Å². The van der Waals surface area contributed by atoms with E-state index in [1.54, 1.807) is 17.4 Å². The Morgan fingerprint density at radius 3 is 2.57 bits per heavy atom. The van der Waals surface area contributed by atoms with Crippen molar-refractivity contribution >= 4 is 20.0 Å². The molecule has 10 heteroatoms. The minimum Gasteiger partial charge on any atom is -0.493 e. The summed E-state index contributed by atoms with van der Waals surface area (Å²) in [5.41, 5.74) is 5.55. The van der Waals surface area contributed by atoms with E-state index >= 15 is 0 Å². The van der Waals surface area contributed by atoms with Gasteiger partial charge in [0.15, 0.2) is 8.69 Å². The van der Waals surface area contributed by atoms with Crippen LogP contribution in [0.4, 0.5) is 13.2 Å². The second-order valence-corrected chi connectivity index (χ2v) is 8.91. The molecule has 0 bridgehead atoms. The molecular formula is C20H27F3NO4PS. The lowest BCUT2D eigenvalue weighted by molar-refractivity contribution is -0.139. The maximum absolute atomic E-state index is 13.5. The van der Waals surface area contributed by atoms with Gasteiger partial charge in [-0.15, -0.1) is 11.3 Å². The van der Waals surface area contributed by atoms with Crippen LogP contribution in [0.25, 0.3) is 0 Å². The Hall–Kier alpha value is -1.38. The third-order valence-corrected chi connectivity index (χ3v) is 5.88. The van der Waals surface area contributed by atoms with Crippen molar-refractivity contribution in [3.8, 4) is 5.75 Å². The highest BCUT2D eigenvalue weighted by molar-refractivity contribution is 7.17. The van der Waals surface area contributed by atoms with Gasteiger partial charge in [-0.1, -0.05) is 6.07 Å². The van der Waals surface area contributed by atoms with E-state index in [1.807, 2.05) is 12.3 Å². The molecule has 2 aromatic rings. The van der Waals surface area contributed by atoms with Crippen LogP contribution in [0.2, 0.25) is 0 Å². The molecular weight excluding hydrogens is 438 g/mol. The van der Waals surface area contributed by atoms with E-state index in [0.29, 0.717) is 12.0 Å². The quantitative estimate of drug-likeness (QED) is 0.359. The average Bonchev–Trinajstić information content (AvgIpc) is 3.13. The molecule has 0 aliphatic carbocycles. The summed E-state index contributed by atoms with van der Waals surface area (Å²) in [7, 11) is -1.47. The fourth-order valence-electron chi connectivity index (χ4n) is 2.96. The highest BCUT2D eigenvalue weighted by Crippen LogP contribution is 2.37. The SMILES string of the molecule is Cc1cc(CCCOc2ccc(CCC(N)(CO)CO[PH2]=O)cc2C(F)(F)F)cs1. The van der Waals surface area contributed by atoms with Crippen molar-refractivity contribution in [2.45, 2.75) is 44.3 Å². The van der Waals surface area contributed by atoms with E-state index in [4.69, 9.17) is 15.0 Å². The molecule has 1 heterocycles. The lowest BCUT2D eigenvalue weighted by atomic mass is 9.93. The fourth-order valence-corrected chi connectivity index (χ4v) is 4.10. The fraction of sp³-hybridized carbons (Fsp3) is 0.500. The van der Waals surface area contributed by atoms with E-state index in [2.05, 4.69) is 6.07 Å². The molecule has 0 aliphatic rings. The monoisotopic (exact) mass is 465 g/mol. The Labute approximate surface area is 179 Å². The van der Waals surface area contributed by atoms with Crippen LogP contribution >= 0.6 is 20.0 Å². The molecule has 0 fully saturated rings. The summed E-state index contributed by atoms with van der Waals surface area (Å²) in [6.07, 6.45) is -2.81. The smallest absolute Gasteiger partial charge is 0.419 e. The summed E-state index contributed by atoms with van der Waals surface area (Å²) in [6.45, 7) is 1.64. The summed E-state index contributed by atoms with van der Waals surface area (Å²) >= 11 is 1.64. The molecule has 2 unspecified atom stereocenters. The van der Waals surface area contributed by atoms with Gasteiger partial charge < -0.3 is 20.1 Å². The average molecular weight is 465 g/mol. The number of thiophene rings is 1. The standard InChI is InChI=1S/C20H27F3NO4PS/c1-14-9-16(11-30-14)3-2-8-27-18-5-4-15(10-17(18)20(21,22)23)6-7-19(24,12-25)13-28-29-26/h4-5,9-11,25H,2-3,6-8,12-13,24,29H2,1H3. The van der Waals surface area contributed by atoms with E-state index in [0.717, 1.165) is 18.1 Å². The molecule has 3 N–H and O–H groups in total. The van der Waals surface area contributed by atoms with Gasteiger partial charge in [0.05, 0.1) is 30.9 Å². The number of rotatable bonds is 12. The molecule has 0 spiro atoms. The zero-order chi connectivity index (χ0) is 22.2. The van der Waals surface area contributed by atoms with Gasteiger partial charge in [0.1, 0.15) is 5.75 Å². The lowest BCUT2D eigenvalue weighted by Crippen LogP contribution is -2.47. The molecule has 0 saturated heterocycles. The molecule has 1 aromatic carbocycles. The second kappa shape index (κ2) is 11.3. The summed E-state index contributed by atoms with van der Waals surface area (Å²) in [4.78, 5) is 1.20. The largest absolute Gasteiger partial charge is 0.493 e. The zero-order valence-electron chi connectivity index (χ0n) is 16.7. The molecule has 168 valence electrons. The Morgan fingerprint density at radius 2 is 1.97 bits per heavy atom. The second-order valence-electron chi connectivity index (χ2n) is 7.27. The van der Waals surface area contributed by atoms with Gasteiger partial charge in [-0.05, 0) is 67.3 Å². The number of alkyl halides is 3. The first kappa shape index (κ1) is 24.9. The predicted molar refractivity (Wildman–Crippen MR) is 113 cm³/mol. The Balaban J connectivity index is 2.00. The minimum absolute atomic E-state index is 0.126. The third-order valence-electron chi connectivity index (χ3n) is 4.67. The van der Waals surface area contributed by atoms with Gasteiger partial charge in [0, 0.05) is 4.88 Å². The molecule has 2 rings (SSSR count). The molecule has 5 nitrogen and oxygen atoms in total. The van der Waals surface area contributed by atoms with Gasteiger partial charge >= 0.3 is 6.18 Å². The van der Waals surface area contributed by atoms with E-state index in [9.17, 15) is 22.8 Å². The van der Waals surface area contributed by atoms with Crippen LogP contribution in [-0.4, -0.2) is 30.5 Å². The predicted octanol–water partition coefficient (Wildman–Crippen LogP) is 4.40. The number of nitrogens with two attached hydrogens (primary N) is 1. The van der Waals surface area contributed by atoms with Crippen LogP contribution in [0.5, 0.6) is 5.75 Å². The Bertz CT molecular complexity index is 831. The Morgan fingerprint density at radius 1 is 1.20 bits per heavy atom. The number of aryl methyl sites for hydroxylation is 3. The topological polar surface area (TPSA) is 81.8 Å². The number of aliphatic hydroxyl groups excluding tert-OH is 1. The van der Waals surface area contributed by atoms with Crippen LogP contribution in [0, 0.1) is 6.92 Å². The number of hydrogen-bond donors (Lipinski definition) is 2. The molecule has 0 aliphatic heterocycles. The lowest BCUT2D eigenvalue weighted by Gasteiger charge is -2.26. The first-order valence-corrected chi connectivity index (χ1v) is 11.3. The van der Waals surface area contributed by atoms with E-state index in [1.165, 1.54) is 10.9 Å². The normalized spacial score (nSPS) is 14.3. The number of hydrogen-bond acceptors (Lipinski definition) is 6. The molecule has 2 atom stereocenters. The van der Waals surface area contributed by atoms with Crippen LogP contribution in [0.15, 0.2) is 29.6 Å². The molecule has 30 heavy (non-hydrogen) atoms. The first-order valence-electron chi connectivity index (χ1n) is 9.49. The van der Waals surface area contributed by atoms with Crippen molar-refractivity contribution in [1.82, 2.24) is 0 Å². The van der Waals surface area contributed by atoms with E-state index < -0.39 is 32.6 Å². The molecule has 0 amide bonds. The Kier molecular flexibility index (Phi) is 9.37. The van der Waals surface area contributed by atoms with Crippen molar-refractivity contribution in [1.29, 1.82) is 0 Å². The third kappa shape index (κ3) is 7.71. The van der Waals surface area contributed by atoms with Gasteiger partial charge in [-0.25, -0.2) is 0 Å². The van der Waals surface area contributed by atoms with E-state index in [-0.39, 0.29) is 31.8 Å². The summed E-state index contributed by atoms with van der Waals surface area (Å²) in [6, 6.07) is 6.00. The highest BCUT2D eigenvalue weighted by Gasteiger charge is 2.35. The van der Waals surface area contributed by atoms with Crippen LogP contribution < -0.4 is 10.5 Å². The maximum Gasteiger partial charge on any atom is 0.419 e. The maximum atomic E-state index is 13.5. The molecule has 1 aromatic heterocycles. The highest BCUT2D eigenvalue weighted by atomic mass is 32.1. The van der Waals surface area contributed by atoms with Gasteiger partial charge in [0.25, 0.3) is 0 Å². The first-order chi connectivity index (χ1) is 14.2. The summed E-state index contributed by atoms with van der Waals surface area (Å²) in [5, 5.41) is 11.5. The van der Waals surface area contributed by atoms with Crippen molar-refractivity contribution in [2.24, 2.45) is 5.73 Å². The molecule has 0 radical (unpaired) electrons. The summed E-state index contributed by atoms with van der Waals surface area (Å²) in [5.74, 6) is -0.202. The van der Waals surface area contributed by atoms with Gasteiger partial charge in [0.2, 0.25) is 0 Å². The number of aliphatic hydroxyl groups is 1.